The molecular weight excluding hydrogens is 238 g/mol. The highest BCUT2D eigenvalue weighted by atomic mass is 16.2. The Kier molecular flexibility index (Phi) is 3.79. The zero-order valence-corrected chi connectivity index (χ0v) is 11.8. The van der Waals surface area contributed by atoms with Crippen molar-refractivity contribution in [2.75, 3.05) is 37.8 Å². The summed E-state index contributed by atoms with van der Waals surface area (Å²) in [6.45, 7) is 3.59. The molecule has 0 fully saturated rings. The molecule has 0 saturated heterocycles. The molecule has 19 heavy (non-hydrogen) atoms. The number of rotatable bonds is 2. The Bertz CT molecular complexity index is 520. The highest BCUT2D eigenvalue weighted by molar-refractivity contribution is 5.96. The van der Waals surface area contributed by atoms with Crippen LogP contribution in [0.1, 0.15) is 23.7 Å². The quantitative estimate of drug-likeness (QED) is 0.654. The molecule has 2 rings (SSSR count). The summed E-state index contributed by atoms with van der Waals surface area (Å²) in [5, 5.41) is 0. The van der Waals surface area contributed by atoms with Gasteiger partial charge in [-0.05, 0) is 31.5 Å². The molecule has 0 saturated carbocycles. The fraction of sp³-hybridized carbons (Fsp3) is 0.400. The molecule has 4 nitrogen and oxygen atoms in total. The van der Waals surface area contributed by atoms with Gasteiger partial charge in [0.1, 0.15) is 0 Å². The van der Waals surface area contributed by atoms with Crippen LogP contribution < -0.4 is 10.6 Å². The van der Waals surface area contributed by atoms with E-state index in [0.717, 1.165) is 18.7 Å². The first kappa shape index (κ1) is 13.5. The average Bonchev–Trinajstić information content (AvgIpc) is 2.38. The van der Waals surface area contributed by atoms with Crippen molar-refractivity contribution in [3.05, 3.63) is 35.4 Å². The Morgan fingerprint density at radius 3 is 2.63 bits per heavy atom. The third-order valence-corrected chi connectivity index (χ3v) is 3.48. The first-order chi connectivity index (χ1) is 8.99. The van der Waals surface area contributed by atoms with Gasteiger partial charge in [0.25, 0.3) is 5.91 Å². The molecule has 0 radical (unpaired) electrons. The Balaban J connectivity index is 2.18. The van der Waals surface area contributed by atoms with E-state index in [9.17, 15) is 4.79 Å². The van der Waals surface area contributed by atoms with Crippen LogP contribution in [0.25, 0.3) is 0 Å². The van der Waals surface area contributed by atoms with E-state index < -0.39 is 0 Å². The van der Waals surface area contributed by atoms with E-state index in [0.29, 0.717) is 17.8 Å². The molecule has 1 aliphatic heterocycles. The highest BCUT2D eigenvalue weighted by Gasteiger charge is 2.18. The lowest BCUT2D eigenvalue weighted by molar-refractivity contribution is 0.0769. The zero-order chi connectivity index (χ0) is 14.0. The van der Waals surface area contributed by atoms with Crippen molar-refractivity contribution in [2.24, 2.45) is 0 Å². The van der Waals surface area contributed by atoms with E-state index in [1.807, 2.05) is 36.0 Å². The van der Waals surface area contributed by atoms with E-state index in [2.05, 4.69) is 13.0 Å². The molecule has 0 atom stereocenters. The van der Waals surface area contributed by atoms with Crippen LogP contribution in [0.5, 0.6) is 0 Å². The molecule has 0 bridgehead atoms. The van der Waals surface area contributed by atoms with Gasteiger partial charge in [-0.25, -0.2) is 0 Å². The van der Waals surface area contributed by atoms with Gasteiger partial charge in [0.15, 0.2) is 0 Å². The zero-order valence-electron chi connectivity index (χ0n) is 11.8. The van der Waals surface area contributed by atoms with Crippen LogP contribution in [0.15, 0.2) is 29.8 Å². The van der Waals surface area contributed by atoms with E-state index in [1.165, 1.54) is 5.57 Å². The number of hydrogen-bond acceptors (Lipinski definition) is 3. The van der Waals surface area contributed by atoms with Crippen molar-refractivity contribution in [3.8, 4) is 0 Å². The molecule has 0 aromatic heterocycles. The van der Waals surface area contributed by atoms with Crippen LogP contribution in [-0.2, 0) is 0 Å². The Hall–Kier alpha value is -1.97. The smallest absolute Gasteiger partial charge is 0.254 e. The highest BCUT2D eigenvalue weighted by Crippen LogP contribution is 2.23. The van der Waals surface area contributed by atoms with E-state index in [-0.39, 0.29) is 5.91 Å². The molecule has 0 spiro atoms. The van der Waals surface area contributed by atoms with Crippen LogP contribution in [-0.4, -0.2) is 38.0 Å². The number of carbonyl (C=O) groups excluding carboxylic acids is 1. The van der Waals surface area contributed by atoms with Crippen molar-refractivity contribution in [2.45, 2.75) is 13.3 Å². The van der Waals surface area contributed by atoms with Gasteiger partial charge in [0.05, 0.1) is 11.4 Å². The van der Waals surface area contributed by atoms with Gasteiger partial charge < -0.3 is 15.5 Å². The maximum atomic E-state index is 12.4. The minimum Gasteiger partial charge on any atom is -0.397 e. The van der Waals surface area contributed by atoms with Gasteiger partial charge in [-0.3, -0.25) is 4.79 Å². The Morgan fingerprint density at radius 2 is 2.11 bits per heavy atom. The molecule has 1 aromatic carbocycles. The van der Waals surface area contributed by atoms with Crippen molar-refractivity contribution >= 4 is 17.3 Å². The largest absolute Gasteiger partial charge is 0.397 e. The number of nitrogen functional groups attached to an aromatic ring is 1. The molecule has 1 heterocycles. The van der Waals surface area contributed by atoms with Gasteiger partial charge in [-0.2, -0.15) is 0 Å². The number of anilines is 2. The summed E-state index contributed by atoms with van der Waals surface area (Å²) in [6.07, 6.45) is 3.07. The Labute approximate surface area is 114 Å². The van der Waals surface area contributed by atoms with Crippen molar-refractivity contribution in [1.82, 2.24) is 4.90 Å². The summed E-state index contributed by atoms with van der Waals surface area (Å²) in [4.78, 5) is 16.2. The summed E-state index contributed by atoms with van der Waals surface area (Å²) < 4.78 is 0. The maximum absolute atomic E-state index is 12.4. The van der Waals surface area contributed by atoms with E-state index in [1.54, 1.807) is 6.07 Å². The average molecular weight is 259 g/mol. The number of nitrogens with zero attached hydrogens (tertiary/aromatic N) is 2. The maximum Gasteiger partial charge on any atom is 0.254 e. The number of hydrogen-bond donors (Lipinski definition) is 1. The minimum absolute atomic E-state index is 0.0563. The molecule has 0 unspecified atom stereocenters. The van der Waals surface area contributed by atoms with Crippen LogP contribution in [0.4, 0.5) is 11.4 Å². The Morgan fingerprint density at radius 1 is 1.37 bits per heavy atom. The predicted octanol–water partition coefficient (Wildman–Crippen LogP) is 2.13. The second-order valence-electron chi connectivity index (χ2n) is 5.22. The van der Waals surface area contributed by atoms with Gasteiger partial charge in [-0.1, -0.05) is 11.6 Å². The summed E-state index contributed by atoms with van der Waals surface area (Å²) in [6, 6.07) is 5.51. The summed E-state index contributed by atoms with van der Waals surface area (Å²) in [5.74, 6) is 0.0563. The molecule has 1 amide bonds. The monoisotopic (exact) mass is 259 g/mol. The summed E-state index contributed by atoms with van der Waals surface area (Å²) in [5.41, 5.74) is 9.58. The fourth-order valence-corrected chi connectivity index (χ4v) is 2.23. The second-order valence-corrected chi connectivity index (χ2v) is 5.22. The van der Waals surface area contributed by atoms with Crippen LogP contribution in [0.2, 0.25) is 0 Å². The van der Waals surface area contributed by atoms with E-state index in [4.69, 9.17) is 5.73 Å². The standard InChI is InChI=1S/C15H21N3O/c1-11-6-8-18(9-7-11)15(19)12-4-5-14(17(2)3)13(16)10-12/h4-6,10H,7-9,16H2,1-3H3. The van der Waals surface area contributed by atoms with Crippen LogP contribution >= 0.6 is 0 Å². The first-order valence-corrected chi connectivity index (χ1v) is 6.51. The van der Waals surface area contributed by atoms with Crippen molar-refractivity contribution in [1.29, 1.82) is 0 Å². The number of carbonyl (C=O) groups is 1. The SMILES string of the molecule is CC1=CCN(C(=O)c2ccc(N(C)C)c(N)c2)CC1. The normalized spacial score (nSPS) is 15.1. The van der Waals surface area contributed by atoms with Gasteiger partial charge >= 0.3 is 0 Å². The van der Waals surface area contributed by atoms with Crippen molar-refractivity contribution in [3.63, 3.8) is 0 Å². The summed E-state index contributed by atoms with van der Waals surface area (Å²) in [7, 11) is 3.87. The number of benzene rings is 1. The fourth-order valence-electron chi connectivity index (χ4n) is 2.23. The van der Waals surface area contributed by atoms with E-state index >= 15 is 0 Å². The molecule has 0 aliphatic carbocycles. The van der Waals surface area contributed by atoms with Crippen LogP contribution in [0.3, 0.4) is 0 Å². The minimum atomic E-state index is 0.0563. The lowest BCUT2D eigenvalue weighted by Gasteiger charge is -2.26. The van der Waals surface area contributed by atoms with Gasteiger partial charge in [0, 0.05) is 32.7 Å². The summed E-state index contributed by atoms with van der Waals surface area (Å²) >= 11 is 0. The first-order valence-electron chi connectivity index (χ1n) is 6.51. The number of amides is 1. The third-order valence-electron chi connectivity index (χ3n) is 3.48. The lowest BCUT2D eigenvalue weighted by atomic mass is 10.1. The second kappa shape index (κ2) is 5.34. The van der Waals surface area contributed by atoms with Crippen molar-refractivity contribution < 1.29 is 4.79 Å². The molecule has 1 aromatic rings. The topological polar surface area (TPSA) is 49.6 Å². The molecule has 4 heteroatoms. The third kappa shape index (κ3) is 2.89. The molecular formula is C15H21N3O. The lowest BCUT2D eigenvalue weighted by Crippen LogP contribution is -2.34. The molecule has 102 valence electrons. The molecule has 2 N–H and O–H groups in total. The van der Waals surface area contributed by atoms with Gasteiger partial charge in [0.2, 0.25) is 0 Å². The predicted molar refractivity (Wildman–Crippen MR) is 79.5 cm³/mol. The van der Waals surface area contributed by atoms with Gasteiger partial charge in [-0.15, -0.1) is 0 Å². The van der Waals surface area contributed by atoms with Crippen LogP contribution in [0, 0.1) is 0 Å². The number of nitrogens with two attached hydrogens (primary N) is 1. The molecule has 1 aliphatic rings.